The van der Waals surface area contributed by atoms with Gasteiger partial charge in [-0.15, -0.1) is 0 Å². The maximum atomic E-state index is 5.46. The number of benzene rings is 1. The second-order valence-electron chi connectivity index (χ2n) is 4.47. The quantitative estimate of drug-likeness (QED) is 0.744. The van der Waals surface area contributed by atoms with E-state index in [0.29, 0.717) is 12.5 Å². The molecule has 2 unspecified atom stereocenters. The number of rotatable bonds is 5. The first kappa shape index (κ1) is 14.1. The number of nitrogens with zero attached hydrogens (tertiary/aromatic N) is 1. The van der Waals surface area contributed by atoms with E-state index in [2.05, 4.69) is 52.1 Å². The predicted molar refractivity (Wildman–Crippen MR) is 81.9 cm³/mol. The van der Waals surface area contributed by atoms with Crippen LogP contribution in [0.3, 0.4) is 0 Å². The topological polar surface area (TPSA) is 22.1 Å². The van der Waals surface area contributed by atoms with E-state index in [9.17, 15) is 0 Å². The van der Waals surface area contributed by atoms with Gasteiger partial charge in [0.2, 0.25) is 0 Å². The van der Waals surface area contributed by atoms with Crippen molar-refractivity contribution in [2.45, 2.75) is 24.6 Å². The third kappa shape index (κ3) is 3.57. The second kappa shape index (κ2) is 6.71. The zero-order valence-electron chi connectivity index (χ0n) is 11.2. The second-order valence-corrected chi connectivity index (χ2v) is 5.46. The highest BCUT2D eigenvalue weighted by Gasteiger charge is 2.17. The van der Waals surface area contributed by atoms with Gasteiger partial charge < -0.3 is 4.74 Å². The van der Waals surface area contributed by atoms with Crippen LogP contribution >= 0.6 is 15.9 Å². The molecule has 0 saturated heterocycles. The van der Waals surface area contributed by atoms with Gasteiger partial charge in [0.25, 0.3) is 0 Å². The largest absolute Gasteiger partial charge is 0.494 e. The maximum absolute atomic E-state index is 5.46. The van der Waals surface area contributed by atoms with Crippen molar-refractivity contribution in [3.63, 3.8) is 0 Å². The van der Waals surface area contributed by atoms with Crippen molar-refractivity contribution < 1.29 is 4.74 Å². The van der Waals surface area contributed by atoms with Crippen LogP contribution in [-0.4, -0.2) is 11.6 Å². The lowest BCUT2D eigenvalue weighted by Gasteiger charge is -2.19. The van der Waals surface area contributed by atoms with Crippen LogP contribution in [0.2, 0.25) is 0 Å². The lowest BCUT2D eigenvalue weighted by molar-refractivity contribution is 0.340. The summed E-state index contributed by atoms with van der Waals surface area (Å²) < 4.78 is 5.46. The Morgan fingerprint density at radius 2 is 1.68 bits per heavy atom. The Morgan fingerprint density at radius 1 is 1.05 bits per heavy atom. The van der Waals surface area contributed by atoms with Gasteiger partial charge in [0, 0.05) is 17.2 Å². The molecule has 0 aliphatic rings. The first-order chi connectivity index (χ1) is 9.22. The Bertz CT molecular complexity index is 498. The number of hydrogen-bond donors (Lipinski definition) is 0. The molecule has 0 N–H and O–H groups in total. The summed E-state index contributed by atoms with van der Waals surface area (Å²) in [6.07, 6.45) is 3.67. The summed E-state index contributed by atoms with van der Waals surface area (Å²) in [5, 5.41) is 0. The SMILES string of the molecule is CCOc1ccc(C(Br)C(C)c2ccncc2)cc1. The molecule has 19 heavy (non-hydrogen) atoms. The highest BCUT2D eigenvalue weighted by atomic mass is 79.9. The van der Waals surface area contributed by atoms with Crippen LogP contribution in [-0.2, 0) is 0 Å². The standard InChI is InChI=1S/C16H18BrNO/c1-3-19-15-6-4-14(5-7-15)16(17)12(2)13-8-10-18-11-9-13/h4-12,16H,3H2,1-2H3. The highest BCUT2D eigenvalue weighted by molar-refractivity contribution is 9.09. The fraction of sp³-hybridized carbons (Fsp3) is 0.312. The van der Waals surface area contributed by atoms with Crippen molar-refractivity contribution in [2.24, 2.45) is 0 Å². The van der Waals surface area contributed by atoms with Crippen LogP contribution in [0.15, 0.2) is 48.8 Å². The van der Waals surface area contributed by atoms with E-state index in [4.69, 9.17) is 4.74 Å². The molecule has 0 radical (unpaired) electrons. The minimum absolute atomic E-state index is 0.283. The average Bonchev–Trinajstić information content (AvgIpc) is 2.48. The fourth-order valence-corrected chi connectivity index (χ4v) is 2.65. The molecule has 0 saturated carbocycles. The Labute approximate surface area is 123 Å². The molecule has 2 nitrogen and oxygen atoms in total. The third-order valence-electron chi connectivity index (χ3n) is 3.18. The van der Waals surface area contributed by atoms with Crippen LogP contribution in [0, 0.1) is 0 Å². The lowest BCUT2D eigenvalue weighted by Crippen LogP contribution is -2.02. The van der Waals surface area contributed by atoms with Crippen LogP contribution in [0.5, 0.6) is 5.75 Å². The zero-order valence-corrected chi connectivity index (χ0v) is 12.8. The number of aromatic nitrogens is 1. The summed E-state index contributed by atoms with van der Waals surface area (Å²) in [4.78, 5) is 4.34. The smallest absolute Gasteiger partial charge is 0.119 e. The van der Waals surface area contributed by atoms with Gasteiger partial charge in [0.15, 0.2) is 0 Å². The average molecular weight is 320 g/mol. The molecular weight excluding hydrogens is 302 g/mol. The molecular formula is C16H18BrNO. The number of hydrogen-bond acceptors (Lipinski definition) is 2. The first-order valence-electron chi connectivity index (χ1n) is 6.49. The van der Waals surface area contributed by atoms with E-state index in [0.717, 1.165) is 5.75 Å². The lowest BCUT2D eigenvalue weighted by atomic mass is 9.94. The van der Waals surface area contributed by atoms with Crippen molar-refractivity contribution in [3.8, 4) is 5.75 Å². The Kier molecular flexibility index (Phi) is 4.97. The number of halogens is 1. The number of pyridine rings is 1. The van der Waals surface area contributed by atoms with Crippen LogP contribution in [0.1, 0.15) is 35.7 Å². The summed E-state index contributed by atoms with van der Waals surface area (Å²) in [6.45, 7) is 4.91. The third-order valence-corrected chi connectivity index (χ3v) is 4.50. The molecule has 1 aromatic heterocycles. The van der Waals surface area contributed by atoms with E-state index in [1.54, 1.807) is 0 Å². The highest BCUT2D eigenvalue weighted by Crippen LogP contribution is 2.37. The molecule has 0 amide bonds. The minimum atomic E-state index is 0.283. The van der Waals surface area contributed by atoms with E-state index in [-0.39, 0.29) is 4.83 Å². The van der Waals surface area contributed by atoms with Crippen molar-refractivity contribution in [1.82, 2.24) is 4.98 Å². The molecule has 0 aliphatic carbocycles. The van der Waals surface area contributed by atoms with Gasteiger partial charge in [-0.2, -0.15) is 0 Å². The van der Waals surface area contributed by atoms with E-state index < -0.39 is 0 Å². The molecule has 2 rings (SSSR count). The predicted octanol–water partition coefficient (Wildman–Crippen LogP) is 4.72. The van der Waals surface area contributed by atoms with Crippen LogP contribution < -0.4 is 4.74 Å². The Hall–Kier alpha value is -1.35. The molecule has 0 aliphatic heterocycles. The van der Waals surface area contributed by atoms with E-state index in [1.165, 1.54) is 11.1 Å². The van der Waals surface area contributed by atoms with Gasteiger partial charge in [0.05, 0.1) is 6.61 Å². The molecule has 2 aromatic rings. The summed E-state index contributed by atoms with van der Waals surface area (Å²) in [5.74, 6) is 1.31. The fourth-order valence-electron chi connectivity index (χ4n) is 2.04. The molecule has 2 atom stereocenters. The van der Waals surface area contributed by atoms with Crippen molar-refractivity contribution in [2.75, 3.05) is 6.61 Å². The molecule has 1 aromatic carbocycles. The monoisotopic (exact) mass is 319 g/mol. The maximum Gasteiger partial charge on any atom is 0.119 e. The van der Waals surface area contributed by atoms with Gasteiger partial charge in [-0.05, 0) is 48.2 Å². The van der Waals surface area contributed by atoms with E-state index >= 15 is 0 Å². The summed E-state index contributed by atoms with van der Waals surface area (Å²) in [5.41, 5.74) is 2.54. The summed E-state index contributed by atoms with van der Waals surface area (Å²) in [6, 6.07) is 12.4. The van der Waals surface area contributed by atoms with Gasteiger partial charge in [-0.3, -0.25) is 4.98 Å². The van der Waals surface area contributed by atoms with Gasteiger partial charge >= 0.3 is 0 Å². The zero-order chi connectivity index (χ0) is 13.7. The summed E-state index contributed by atoms with van der Waals surface area (Å²) >= 11 is 3.79. The van der Waals surface area contributed by atoms with Gasteiger partial charge in [-0.25, -0.2) is 0 Å². The molecule has 0 spiro atoms. The Balaban J connectivity index is 2.12. The van der Waals surface area contributed by atoms with E-state index in [1.807, 2.05) is 31.5 Å². The minimum Gasteiger partial charge on any atom is -0.494 e. The number of ether oxygens (including phenoxy) is 1. The van der Waals surface area contributed by atoms with Crippen molar-refractivity contribution in [3.05, 3.63) is 59.9 Å². The van der Waals surface area contributed by atoms with Crippen LogP contribution in [0.4, 0.5) is 0 Å². The van der Waals surface area contributed by atoms with Gasteiger partial charge in [0.1, 0.15) is 5.75 Å². The number of alkyl halides is 1. The molecule has 3 heteroatoms. The molecule has 100 valence electrons. The first-order valence-corrected chi connectivity index (χ1v) is 7.40. The van der Waals surface area contributed by atoms with Gasteiger partial charge in [-0.1, -0.05) is 35.0 Å². The molecule has 0 bridgehead atoms. The summed E-state index contributed by atoms with van der Waals surface area (Å²) in [7, 11) is 0. The molecule has 0 fully saturated rings. The Morgan fingerprint density at radius 3 is 2.26 bits per heavy atom. The molecule has 1 heterocycles. The van der Waals surface area contributed by atoms with Crippen molar-refractivity contribution >= 4 is 15.9 Å². The van der Waals surface area contributed by atoms with Crippen molar-refractivity contribution in [1.29, 1.82) is 0 Å². The normalized spacial score (nSPS) is 13.8. The van der Waals surface area contributed by atoms with Crippen LogP contribution in [0.25, 0.3) is 0 Å².